The fourth-order valence-corrected chi connectivity index (χ4v) is 2.33. The van der Waals surface area contributed by atoms with Crippen LogP contribution in [0.2, 0.25) is 10.0 Å². The largest absolute Gasteiger partial charge is 0.306 e. The molecule has 0 fully saturated rings. The van der Waals surface area contributed by atoms with Gasteiger partial charge in [-0.25, -0.2) is 0 Å². The molecule has 0 aliphatic carbocycles. The zero-order valence-electron chi connectivity index (χ0n) is 9.39. The van der Waals surface area contributed by atoms with Crippen LogP contribution in [0, 0.1) is 22.8 Å². The Labute approximate surface area is 119 Å². The molecule has 0 saturated heterocycles. The second-order valence-corrected chi connectivity index (χ2v) is 4.72. The van der Waals surface area contributed by atoms with Crippen LogP contribution in [-0.2, 0) is 0 Å². The summed E-state index contributed by atoms with van der Waals surface area (Å²) < 4.78 is 0. The van der Waals surface area contributed by atoms with Crippen LogP contribution in [0.3, 0.4) is 0 Å². The number of benzene rings is 1. The van der Waals surface area contributed by atoms with Crippen molar-refractivity contribution < 1.29 is 0 Å². The Hall–Kier alpha value is -1.40. The molecule has 0 bridgehead atoms. The van der Waals surface area contributed by atoms with Crippen molar-refractivity contribution >= 4 is 45.8 Å². The molecule has 0 N–H and O–H groups in total. The van der Waals surface area contributed by atoms with Gasteiger partial charge in [-0.1, -0.05) is 35.0 Å². The highest BCUT2D eigenvalue weighted by atomic mass is 35.5. The predicted molar refractivity (Wildman–Crippen MR) is 76.0 cm³/mol. The van der Waals surface area contributed by atoms with Gasteiger partial charge in [0.05, 0.1) is 6.07 Å². The summed E-state index contributed by atoms with van der Waals surface area (Å²) >= 11 is 13.1. The molecule has 1 rings (SSSR count). The highest BCUT2D eigenvalue weighted by Crippen LogP contribution is 2.27. The quantitative estimate of drug-likeness (QED) is 0.363. The minimum atomic E-state index is 0.0536. The van der Waals surface area contributed by atoms with Crippen molar-refractivity contribution in [2.45, 2.75) is 0 Å². The van der Waals surface area contributed by atoms with Gasteiger partial charge in [-0.15, -0.1) is 4.99 Å². The van der Waals surface area contributed by atoms with E-state index in [1.807, 2.05) is 6.07 Å². The van der Waals surface area contributed by atoms with Crippen LogP contribution in [0.4, 0.5) is 5.69 Å². The number of nitriles is 2. The second kappa shape index (κ2) is 7.13. The van der Waals surface area contributed by atoms with Gasteiger partial charge in [-0.3, -0.25) is 0 Å². The summed E-state index contributed by atoms with van der Waals surface area (Å²) in [7, 11) is 0. The molecule has 0 heterocycles. The molecule has 0 aliphatic rings. The van der Waals surface area contributed by atoms with Crippen LogP contribution in [0.25, 0.3) is 0 Å². The van der Waals surface area contributed by atoms with Crippen molar-refractivity contribution in [3.8, 4) is 12.3 Å². The predicted octanol–water partition coefficient (Wildman–Crippen LogP) is 3.52. The van der Waals surface area contributed by atoms with Crippen LogP contribution in [0.15, 0.2) is 23.2 Å². The molecule has 7 heteroatoms. The molecular weight excluding hydrogens is 291 g/mol. The van der Waals surface area contributed by atoms with E-state index >= 15 is 0 Å². The van der Waals surface area contributed by atoms with Crippen LogP contribution in [0.5, 0.6) is 0 Å². The van der Waals surface area contributed by atoms with E-state index in [2.05, 4.69) is 4.99 Å². The fraction of sp³-hybridized carbons (Fsp3) is 0.182. The number of anilines is 1. The average Bonchev–Trinajstić information content (AvgIpc) is 2.32. The summed E-state index contributed by atoms with van der Waals surface area (Å²) in [5.74, 6) is 0. The number of hydrogen-bond acceptors (Lipinski definition) is 4. The van der Waals surface area contributed by atoms with Gasteiger partial charge in [0.1, 0.15) is 6.54 Å². The third kappa shape index (κ3) is 3.82. The van der Waals surface area contributed by atoms with Crippen molar-refractivity contribution in [1.82, 2.24) is 0 Å². The maximum absolute atomic E-state index is 8.84. The number of rotatable bonds is 2. The normalized spacial score (nSPS) is 10.6. The van der Waals surface area contributed by atoms with E-state index in [1.54, 1.807) is 35.5 Å². The topological polar surface area (TPSA) is 63.2 Å². The highest BCUT2D eigenvalue weighted by molar-refractivity contribution is 8.13. The van der Waals surface area contributed by atoms with E-state index in [4.69, 9.17) is 33.7 Å². The van der Waals surface area contributed by atoms with Crippen LogP contribution in [-0.4, -0.2) is 18.0 Å². The van der Waals surface area contributed by atoms with Crippen molar-refractivity contribution in [2.24, 2.45) is 4.99 Å². The van der Waals surface area contributed by atoms with Gasteiger partial charge in [0.15, 0.2) is 5.17 Å². The highest BCUT2D eigenvalue weighted by Gasteiger charge is 2.14. The lowest BCUT2D eigenvalue weighted by atomic mass is 10.3. The monoisotopic (exact) mass is 298 g/mol. The Morgan fingerprint density at radius 2 is 1.94 bits per heavy atom. The molecule has 0 amide bonds. The number of aliphatic imine (C=N–C) groups is 1. The minimum Gasteiger partial charge on any atom is -0.306 e. The van der Waals surface area contributed by atoms with Crippen LogP contribution < -0.4 is 4.90 Å². The molecule has 0 spiro atoms. The van der Waals surface area contributed by atoms with E-state index in [1.165, 1.54) is 11.8 Å². The third-order valence-corrected chi connectivity index (χ3v) is 3.06. The Balaban J connectivity index is 3.24. The molecule has 1 aromatic carbocycles. The van der Waals surface area contributed by atoms with E-state index in [0.29, 0.717) is 20.9 Å². The first-order valence-corrected chi connectivity index (χ1v) is 6.71. The maximum atomic E-state index is 8.84. The van der Waals surface area contributed by atoms with Gasteiger partial charge >= 0.3 is 0 Å². The van der Waals surface area contributed by atoms with Gasteiger partial charge in [-0.2, -0.15) is 10.5 Å². The number of nitrogens with zero attached hydrogens (tertiary/aromatic N) is 4. The number of thioether (sulfide) groups is 1. The molecule has 0 aromatic heterocycles. The van der Waals surface area contributed by atoms with Crippen molar-refractivity contribution in [3.63, 3.8) is 0 Å². The standard InChI is InChI=1S/C11H8Cl2N4S/c1-18-11(16-7-15)17(3-2-14)10-5-8(12)4-9(13)6-10/h4-6H,3H2,1H3. The average molecular weight is 299 g/mol. The van der Waals surface area contributed by atoms with E-state index in [0.717, 1.165) is 0 Å². The second-order valence-electron chi connectivity index (χ2n) is 3.07. The Kier molecular flexibility index (Phi) is 5.80. The SMILES string of the molecule is CSC(=NC#N)N(CC#N)c1cc(Cl)cc(Cl)c1. The van der Waals surface area contributed by atoms with Gasteiger partial charge < -0.3 is 4.90 Å². The molecule has 92 valence electrons. The molecule has 1 aromatic rings. The third-order valence-electron chi connectivity index (χ3n) is 1.95. The molecule has 4 nitrogen and oxygen atoms in total. The summed E-state index contributed by atoms with van der Waals surface area (Å²) in [4.78, 5) is 5.25. The van der Waals surface area contributed by atoms with Crippen molar-refractivity contribution in [3.05, 3.63) is 28.2 Å². The lowest BCUT2D eigenvalue weighted by Gasteiger charge is -2.21. The van der Waals surface area contributed by atoms with E-state index in [-0.39, 0.29) is 6.54 Å². The summed E-state index contributed by atoms with van der Waals surface area (Å²) in [5.41, 5.74) is 0.623. The Morgan fingerprint density at radius 1 is 1.33 bits per heavy atom. The zero-order valence-corrected chi connectivity index (χ0v) is 11.7. The maximum Gasteiger partial charge on any atom is 0.208 e. The first-order valence-electron chi connectivity index (χ1n) is 4.73. The number of amidine groups is 1. The van der Waals surface area contributed by atoms with Crippen LogP contribution >= 0.6 is 35.0 Å². The van der Waals surface area contributed by atoms with Crippen LogP contribution in [0.1, 0.15) is 0 Å². The lowest BCUT2D eigenvalue weighted by molar-refractivity contribution is 1.15. The first-order chi connectivity index (χ1) is 8.62. The molecule has 0 aliphatic heterocycles. The molecule has 0 unspecified atom stereocenters. The number of halogens is 2. The Morgan fingerprint density at radius 3 is 2.39 bits per heavy atom. The zero-order chi connectivity index (χ0) is 13.5. The molecule has 0 atom stereocenters. The lowest BCUT2D eigenvalue weighted by Crippen LogP contribution is -2.28. The molecule has 0 saturated carbocycles. The summed E-state index contributed by atoms with van der Waals surface area (Å²) in [6.07, 6.45) is 3.48. The summed E-state index contributed by atoms with van der Waals surface area (Å²) in [5, 5.41) is 18.8. The number of hydrogen-bond donors (Lipinski definition) is 0. The van der Waals surface area contributed by atoms with Crippen molar-refractivity contribution in [2.75, 3.05) is 17.7 Å². The van der Waals surface area contributed by atoms with Crippen molar-refractivity contribution in [1.29, 1.82) is 10.5 Å². The van der Waals surface area contributed by atoms with Gasteiger partial charge in [0, 0.05) is 15.7 Å². The van der Waals surface area contributed by atoms with E-state index < -0.39 is 0 Å². The molecule has 0 radical (unpaired) electrons. The first kappa shape index (κ1) is 14.7. The molecule has 18 heavy (non-hydrogen) atoms. The van der Waals surface area contributed by atoms with Gasteiger partial charge in [0.2, 0.25) is 6.19 Å². The van der Waals surface area contributed by atoms with Gasteiger partial charge in [-0.05, 0) is 24.5 Å². The minimum absolute atomic E-state index is 0.0536. The Bertz CT molecular complexity index is 525. The fourth-order valence-electron chi connectivity index (χ4n) is 1.29. The smallest absolute Gasteiger partial charge is 0.208 e. The molecular formula is C11H8Cl2N4S. The summed E-state index contributed by atoms with van der Waals surface area (Å²) in [6, 6.07) is 6.93. The van der Waals surface area contributed by atoms with Gasteiger partial charge in [0.25, 0.3) is 0 Å². The van der Waals surface area contributed by atoms with E-state index in [9.17, 15) is 0 Å². The summed E-state index contributed by atoms with van der Waals surface area (Å²) in [6.45, 7) is 0.0536.